The maximum absolute atomic E-state index is 13.9. The number of aromatic nitrogens is 1. The Morgan fingerprint density at radius 3 is 2.55 bits per heavy atom. The predicted octanol–water partition coefficient (Wildman–Crippen LogP) is 3.19. The van der Waals surface area contributed by atoms with Gasteiger partial charge < -0.3 is 5.11 Å². The molecule has 1 heterocycles. The molecule has 20 heavy (non-hydrogen) atoms. The second kappa shape index (κ2) is 6.55. The van der Waals surface area contributed by atoms with Crippen molar-refractivity contribution in [3.05, 3.63) is 52.0 Å². The molecule has 0 unspecified atom stereocenters. The van der Waals surface area contributed by atoms with Crippen LogP contribution >= 0.6 is 11.3 Å². The molecule has 0 bridgehead atoms. The van der Waals surface area contributed by atoms with Gasteiger partial charge in [0, 0.05) is 29.7 Å². The molecule has 6 heteroatoms. The summed E-state index contributed by atoms with van der Waals surface area (Å²) in [6.07, 6.45) is 1.63. The van der Waals surface area contributed by atoms with Gasteiger partial charge >= 0.3 is 0 Å². The minimum absolute atomic E-state index is 0.0929. The van der Waals surface area contributed by atoms with Crippen molar-refractivity contribution in [3.63, 3.8) is 0 Å². The van der Waals surface area contributed by atoms with Crippen LogP contribution in [0.25, 0.3) is 0 Å². The van der Waals surface area contributed by atoms with Crippen LogP contribution in [0.3, 0.4) is 0 Å². The van der Waals surface area contributed by atoms with Gasteiger partial charge in [-0.15, -0.1) is 11.3 Å². The zero-order chi connectivity index (χ0) is 14.5. The lowest BCUT2D eigenvalue weighted by atomic mass is 9.84. The molecule has 104 valence electrons. The average Bonchev–Trinajstić information content (AvgIpc) is 2.93. The first-order valence-corrected chi connectivity index (χ1v) is 6.90. The van der Waals surface area contributed by atoms with E-state index in [1.807, 2.05) is 6.07 Å². The predicted molar refractivity (Wildman–Crippen MR) is 71.3 cm³/mol. The molecule has 0 aliphatic rings. The highest BCUT2D eigenvalue weighted by atomic mass is 32.1. The third kappa shape index (κ3) is 2.84. The molecule has 0 fully saturated rings. The van der Waals surface area contributed by atoms with Gasteiger partial charge in [0.25, 0.3) is 0 Å². The van der Waals surface area contributed by atoms with Crippen LogP contribution in [-0.4, -0.2) is 16.7 Å². The average molecular weight is 294 g/mol. The largest absolute Gasteiger partial charge is 0.396 e. The lowest BCUT2D eigenvalue weighted by Gasteiger charge is -2.21. The molecule has 1 N–H and O–H groups in total. The zero-order valence-electron chi connectivity index (χ0n) is 10.5. The Labute approximate surface area is 119 Å². The van der Waals surface area contributed by atoms with E-state index in [9.17, 15) is 14.0 Å². The molecular weight excluding hydrogens is 282 g/mol. The van der Waals surface area contributed by atoms with Crippen molar-refractivity contribution < 1.29 is 13.9 Å². The molecule has 2 atom stereocenters. The Morgan fingerprint density at radius 1 is 1.35 bits per heavy atom. The van der Waals surface area contributed by atoms with Crippen molar-refractivity contribution in [1.29, 1.82) is 5.26 Å². The second-order valence-electron chi connectivity index (χ2n) is 4.23. The van der Waals surface area contributed by atoms with Crippen LogP contribution in [0.15, 0.2) is 29.8 Å². The molecule has 0 saturated heterocycles. The highest BCUT2D eigenvalue weighted by Crippen LogP contribution is 2.38. The molecule has 0 aliphatic carbocycles. The van der Waals surface area contributed by atoms with E-state index >= 15 is 0 Å². The third-order valence-corrected chi connectivity index (χ3v) is 3.93. The third-order valence-electron chi connectivity index (χ3n) is 3.07. The fourth-order valence-corrected chi connectivity index (χ4v) is 2.93. The SMILES string of the molecule is N#C[C@@H](c1nccs1)[C@H](CCO)c1c(F)cccc1F. The van der Waals surface area contributed by atoms with Crippen LogP contribution in [0.2, 0.25) is 0 Å². The minimum Gasteiger partial charge on any atom is -0.396 e. The van der Waals surface area contributed by atoms with E-state index in [4.69, 9.17) is 5.11 Å². The highest BCUT2D eigenvalue weighted by molar-refractivity contribution is 7.09. The summed E-state index contributed by atoms with van der Waals surface area (Å²) in [7, 11) is 0. The molecule has 2 rings (SSSR count). The molecule has 0 radical (unpaired) electrons. The van der Waals surface area contributed by atoms with Gasteiger partial charge in [-0.3, -0.25) is 0 Å². The summed E-state index contributed by atoms with van der Waals surface area (Å²) in [5.74, 6) is -2.97. The minimum atomic E-state index is -0.784. The fourth-order valence-electron chi connectivity index (χ4n) is 2.19. The first-order chi connectivity index (χ1) is 9.69. The van der Waals surface area contributed by atoms with Crippen LogP contribution in [0, 0.1) is 23.0 Å². The second-order valence-corrected chi connectivity index (χ2v) is 5.16. The monoisotopic (exact) mass is 294 g/mol. The van der Waals surface area contributed by atoms with Crippen molar-refractivity contribution in [2.45, 2.75) is 18.3 Å². The Bertz CT molecular complexity index is 590. The zero-order valence-corrected chi connectivity index (χ0v) is 11.3. The number of aliphatic hydroxyl groups excluding tert-OH is 1. The summed E-state index contributed by atoms with van der Waals surface area (Å²) in [5, 5.41) is 20.7. The van der Waals surface area contributed by atoms with Gasteiger partial charge in [-0.05, 0) is 18.6 Å². The van der Waals surface area contributed by atoms with Crippen molar-refractivity contribution in [3.8, 4) is 6.07 Å². The maximum Gasteiger partial charge on any atom is 0.129 e. The van der Waals surface area contributed by atoms with Crippen molar-refractivity contribution >= 4 is 11.3 Å². The first kappa shape index (κ1) is 14.6. The van der Waals surface area contributed by atoms with E-state index in [1.54, 1.807) is 5.38 Å². The van der Waals surface area contributed by atoms with E-state index in [0.29, 0.717) is 5.01 Å². The van der Waals surface area contributed by atoms with Gasteiger partial charge in [0.2, 0.25) is 0 Å². The van der Waals surface area contributed by atoms with Gasteiger partial charge in [-0.1, -0.05) is 6.07 Å². The molecule has 0 amide bonds. The van der Waals surface area contributed by atoms with Crippen LogP contribution in [-0.2, 0) is 0 Å². The lowest BCUT2D eigenvalue weighted by molar-refractivity contribution is 0.269. The van der Waals surface area contributed by atoms with Gasteiger partial charge in [0.05, 0.1) is 6.07 Å². The van der Waals surface area contributed by atoms with Crippen LogP contribution < -0.4 is 0 Å². The van der Waals surface area contributed by atoms with E-state index in [2.05, 4.69) is 4.98 Å². The van der Waals surface area contributed by atoms with Crippen molar-refractivity contribution in [2.75, 3.05) is 6.61 Å². The van der Waals surface area contributed by atoms with Crippen LogP contribution in [0.5, 0.6) is 0 Å². The Morgan fingerprint density at radius 2 is 2.05 bits per heavy atom. The molecular formula is C14H12F2N2OS. The highest BCUT2D eigenvalue weighted by Gasteiger charge is 2.30. The number of hydrogen-bond acceptors (Lipinski definition) is 4. The standard InChI is InChI=1S/C14H12F2N2OS/c15-11-2-1-3-12(16)13(11)9(4-6-19)10(8-17)14-18-5-7-20-14/h1-3,5,7,9-10,19H,4,6H2/t9-,10+/m0/s1. The Balaban J connectivity index is 2.48. The molecule has 1 aromatic heterocycles. The van der Waals surface area contributed by atoms with Crippen LogP contribution in [0.1, 0.15) is 28.8 Å². The van der Waals surface area contributed by atoms with Gasteiger partial charge in [-0.25, -0.2) is 13.8 Å². The normalized spacial score (nSPS) is 13.7. The number of nitrogens with zero attached hydrogens (tertiary/aromatic N) is 2. The van der Waals surface area contributed by atoms with Crippen LogP contribution in [0.4, 0.5) is 8.78 Å². The van der Waals surface area contributed by atoms with Gasteiger partial charge in [0.1, 0.15) is 22.6 Å². The molecule has 1 aromatic carbocycles. The van der Waals surface area contributed by atoms with E-state index < -0.39 is 23.5 Å². The number of aliphatic hydroxyl groups is 1. The number of thiazole rings is 1. The number of halogens is 2. The molecule has 0 aliphatic heterocycles. The Kier molecular flexibility index (Phi) is 4.77. The first-order valence-electron chi connectivity index (χ1n) is 6.02. The van der Waals surface area contributed by atoms with E-state index in [0.717, 1.165) is 12.1 Å². The summed E-state index contributed by atoms with van der Waals surface area (Å²) < 4.78 is 27.8. The van der Waals surface area contributed by atoms with Gasteiger partial charge in [0.15, 0.2) is 0 Å². The van der Waals surface area contributed by atoms with E-state index in [-0.39, 0.29) is 18.6 Å². The molecule has 0 saturated carbocycles. The quantitative estimate of drug-likeness (QED) is 0.921. The summed E-state index contributed by atoms with van der Waals surface area (Å²) in [6.45, 7) is -0.262. The topological polar surface area (TPSA) is 56.9 Å². The van der Waals surface area contributed by atoms with Crippen molar-refractivity contribution in [1.82, 2.24) is 4.98 Å². The summed E-state index contributed by atoms with van der Waals surface area (Å²) in [6, 6.07) is 5.62. The van der Waals surface area contributed by atoms with Gasteiger partial charge in [-0.2, -0.15) is 5.26 Å². The molecule has 3 nitrogen and oxygen atoms in total. The molecule has 0 spiro atoms. The Hall–Kier alpha value is -1.84. The maximum atomic E-state index is 13.9. The number of nitriles is 1. The molecule has 2 aromatic rings. The van der Waals surface area contributed by atoms with Crippen molar-refractivity contribution in [2.24, 2.45) is 0 Å². The number of hydrogen-bond donors (Lipinski definition) is 1. The lowest BCUT2D eigenvalue weighted by Crippen LogP contribution is -2.15. The number of rotatable bonds is 5. The summed E-state index contributed by atoms with van der Waals surface area (Å²) in [4.78, 5) is 4.04. The van der Waals surface area contributed by atoms with E-state index in [1.165, 1.54) is 23.6 Å². The summed E-state index contributed by atoms with van der Waals surface area (Å²) >= 11 is 1.26. The smallest absolute Gasteiger partial charge is 0.129 e. The number of benzene rings is 1. The fraction of sp³-hybridized carbons (Fsp3) is 0.286. The summed E-state index contributed by atoms with van der Waals surface area (Å²) in [5.41, 5.74) is -0.164.